The molecule has 0 aromatic heterocycles. The van der Waals surface area contributed by atoms with Crippen LogP contribution in [0.2, 0.25) is 0 Å². The van der Waals surface area contributed by atoms with Crippen LogP contribution in [0.5, 0.6) is 0 Å². The Labute approximate surface area is 28.4 Å². The summed E-state index contributed by atoms with van der Waals surface area (Å²) in [6.45, 7) is 2.78. The lowest BCUT2D eigenvalue weighted by Gasteiger charge is -1.65. The van der Waals surface area contributed by atoms with E-state index in [1.54, 1.807) is 0 Å². The van der Waals surface area contributed by atoms with Crippen molar-refractivity contribution >= 4 is 6.72 Å². The number of rotatable bonds is 2. The van der Waals surface area contributed by atoms with E-state index in [-0.39, 0.29) is 0 Å². The topological polar surface area (TPSA) is 51.0 Å². The molecule has 0 fully saturated rings. The molecule has 0 aliphatic carbocycles. The van der Waals surface area contributed by atoms with Gasteiger partial charge >= 0.3 is 0 Å². The summed E-state index contributed by atoms with van der Waals surface area (Å²) in [7, 11) is 0. The fourth-order valence-electron chi connectivity index (χ4n) is 0.0236. The normalized spacial score (nSPS) is 5.60. The second kappa shape index (κ2) is 3.07. The molecule has 0 N–H and O–H groups in total. The molecule has 0 spiro atoms. The second-order valence-electron chi connectivity index (χ2n) is 0.285. The van der Waals surface area contributed by atoms with Crippen molar-refractivity contribution in [2.24, 2.45) is 10.5 Å². The average Bonchev–Trinajstić information content (AvgIpc) is 1.41. The monoisotopic (exact) mass is 74.0 g/mol. The molecule has 0 aromatic rings. The van der Waals surface area contributed by atoms with Gasteiger partial charge in [-0.3, -0.25) is 0 Å². The Morgan fingerprint density at radius 3 is 2.40 bits per heavy atom. The maximum atomic E-state index is 8.80. The molecule has 4 nitrogen and oxygen atoms in total. The van der Waals surface area contributed by atoms with Crippen LogP contribution in [-0.2, 0) is 4.94 Å². The van der Waals surface area contributed by atoms with Gasteiger partial charge in [-0.05, 0) is 0 Å². The molecular weight excluding hydrogens is 72.0 g/mol. The van der Waals surface area contributed by atoms with E-state index < -0.39 is 0 Å². The van der Waals surface area contributed by atoms with Gasteiger partial charge in [0.05, 0.1) is 0 Å². The highest BCUT2D eigenvalue weighted by atomic mass is 16.8. The Morgan fingerprint density at radius 1 is 1.80 bits per heavy atom. The smallest absolute Gasteiger partial charge is 0.184 e. The van der Waals surface area contributed by atoms with E-state index in [0.29, 0.717) is 0 Å². The molecule has 0 saturated carbocycles. The molecule has 0 rings (SSSR count). The summed E-state index contributed by atoms with van der Waals surface area (Å²) in [5.41, 5.74) is 0. The summed E-state index contributed by atoms with van der Waals surface area (Å²) in [4.78, 5) is 12.2. The van der Waals surface area contributed by atoms with Gasteiger partial charge in [-0.15, -0.1) is 4.91 Å². The maximum Gasteiger partial charge on any atom is 0.184 e. The molecule has 28 valence electrons. The highest BCUT2D eigenvalue weighted by Gasteiger charge is 1.54. The third-order valence-electron chi connectivity index (χ3n) is 0.0911. The van der Waals surface area contributed by atoms with Crippen molar-refractivity contribution in [2.75, 3.05) is 0 Å². The Balaban J connectivity index is 2.65. The van der Waals surface area contributed by atoms with Crippen molar-refractivity contribution in [1.29, 1.82) is 0 Å². The summed E-state index contributed by atoms with van der Waals surface area (Å²) >= 11 is 0. The Hall–Kier alpha value is -0.930. The fraction of sp³-hybridized carbons (Fsp3) is 0. The minimum absolute atomic E-state index is 1.88. The van der Waals surface area contributed by atoms with Gasteiger partial charge in [0.2, 0.25) is 0 Å². The predicted octanol–water partition coefficient (Wildman–Crippen LogP) is 0.300. The molecule has 0 aliphatic heterocycles. The number of hydrogen-bond acceptors (Lipinski definition) is 4. The SMILES string of the molecule is C=NON=O. The van der Waals surface area contributed by atoms with E-state index in [1.807, 2.05) is 5.34 Å². The average molecular weight is 74.0 g/mol. The van der Waals surface area contributed by atoms with Crippen LogP contribution in [-0.4, -0.2) is 6.72 Å². The standard InChI is InChI=1S/CH2N2O2/c1-2-5-3-4/h1H2. The molecule has 0 saturated heterocycles. The van der Waals surface area contributed by atoms with Crippen molar-refractivity contribution in [3.8, 4) is 0 Å². The van der Waals surface area contributed by atoms with Gasteiger partial charge < -0.3 is 0 Å². The lowest BCUT2D eigenvalue weighted by Crippen LogP contribution is -1.54. The molecule has 0 heterocycles. The van der Waals surface area contributed by atoms with Crippen LogP contribution in [0.15, 0.2) is 10.5 Å². The van der Waals surface area contributed by atoms with Crippen molar-refractivity contribution in [1.82, 2.24) is 0 Å². The van der Waals surface area contributed by atoms with Crippen LogP contribution >= 0.6 is 0 Å². The van der Waals surface area contributed by atoms with Crippen LogP contribution < -0.4 is 0 Å². The molecule has 0 aliphatic rings. The van der Waals surface area contributed by atoms with E-state index in [0.717, 1.165) is 0 Å². The zero-order chi connectivity index (χ0) is 4.12. The van der Waals surface area contributed by atoms with Gasteiger partial charge in [0.25, 0.3) is 0 Å². The maximum absolute atomic E-state index is 8.80. The zero-order valence-electron chi connectivity index (χ0n) is 2.42. The summed E-state index contributed by atoms with van der Waals surface area (Å²) in [5.74, 6) is 0. The fourth-order valence-corrected chi connectivity index (χ4v) is 0.0236. The summed E-state index contributed by atoms with van der Waals surface area (Å²) < 4.78 is 0. The molecule has 5 heavy (non-hydrogen) atoms. The molecule has 0 bridgehead atoms. The largest absolute Gasteiger partial charge is 0.207 e. The number of oxime groups is 1. The summed E-state index contributed by atoms with van der Waals surface area (Å²) in [5, 5.41) is 4.50. The first-order valence-electron chi connectivity index (χ1n) is 0.864. The van der Waals surface area contributed by atoms with E-state index in [9.17, 15) is 0 Å². The van der Waals surface area contributed by atoms with Crippen molar-refractivity contribution in [3.05, 3.63) is 4.91 Å². The molecule has 0 unspecified atom stereocenters. The molecule has 0 radical (unpaired) electrons. The lowest BCUT2D eigenvalue weighted by molar-refractivity contribution is 0.153. The van der Waals surface area contributed by atoms with Gasteiger partial charge in [-0.2, -0.15) is 0 Å². The molecule has 0 amide bonds. The number of hydrogen-bond donors (Lipinski definition) is 0. The van der Waals surface area contributed by atoms with Crippen molar-refractivity contribution in [2.45, 2.75) is 0 Å². The first kappa shape index (κ1) is 4.07. The Morgan fingerprint density at radius 2 is 2.40 bits per heavy atom. The van der Waals surface area contributed by atoms with Crippen LogP contribution in [0, 0.1) is 4.91 Å². The summed E-state index contributed by atoms with van der Waals surface area (Å²) in [6.07, 6.45) is 0. The highest BCUT2D eigenvalue weighted by Crippen LogP contribution is 1.64. The molecule has 0 atom stereocenters. The van der Waals surface area contributed by atoms with E-state index in [1.165, 1.54) is 0 Å². The van der Waals surface area contributed by atoms with Crippen LogP contribution in [0.4, 0.5) is 0 Å². The summed E-state index contributed by atoms with van der Waals surface area (Å²) in [6, 6.07) is 0. The van der Waals surface area contributed by atoms with Gasteiger partial charge in [0.1, 0.15) is 0 Å². The van der Waals surface area contributed by atoms with Crippen LogP contribution in [0.1, 0.15) is 0 Å². The first-order chi connectivity index (χ1) is 2.41. The Kier molecular flexibility index (Phi) is 2.50. The second-order valence-corrected chi connectivity index (χ2v) is 0.285. The van der Waals surface area contributed by atoms with Crippen LogP contribution in [0.25, 0.3) is 0 Å². The van der Waals surface area contributed by atoms with Gasteiger partial charge in [-0.25, -0.2) is 4.94 Å². The van der Waals surface area contributed by atoms with Crippen LogP contribution in [0.3, 0.4) is 0 Å². The highest BCUT2D eigenvalue weighted by molar-refractivity contribution is 5.21. The molecule has 0 aromatic carbocycles. The minimum atomic E-state index is 1.88. The lowest BCUT2D eigenvalue weighted by atomic mass is 11.8. The van der Waals surface area contributed by atoms with Gasteiger partial charge in [0.15, 0.2) is 5.34 Å². The van der Waals surface area contributed by atoms with E-state index in [4.69, 9.17) is 4.91 Å². The van der Waals surface area contributed by atoms with Gasteiger partial charge in [-0.1, -0.05) is 5.16 Å². The quantitative estimate of drug-likeness (QED) is 0.268. The van der Waals surface area contributed by atoms with Gasteiger partial charge in [0, 0.05) is 6.72 Å². The van der Waals surface area contributed by atoms with E-state index >= 15 is 0 Å². The molecular formula is CH2N2O2. The Bertz CT molecular complexity index is 36.9. The van der Waals surface area contributed by atoms with Crippen molar-refractivity contribution < 1.29 is 4.94 Å². The minimum Gasteiger partial charge on any atom is -0.207 e. The number of nitrogens with zero attached hydrogens (tertiary/aromatic N) is 2. The molecule has 4 heteroatoms. The van der Waals surface area contributed by atoms with E-state index in [2.05, 4.69) is 16.8 Å². The first-order valence-corrected chi connectivity index (χ1v) is 0.864. The third kappa shape index (κ3) is 3.07. The zero-order valence-corrected chi connectivity index (χ0v) is 2.42. The third-order valence-corrected chi connectivity index (χ3v) is 0.0911. The predicted molar refractivity (Wildman–Crippen MR) is 16.4 cm³/mol. The van der Waals surface area contributed by atoms with Crippen molar-refractivity contribution in [3.63, 3.8) is 0 Å².